The van der Waals surface area contributed by atoms with Gasteiger partial charge in [-0.15, -0.1) is 0 Å². The number of cyclic esters (lactones) is 1. The predicted octanol–water partition coefficient (Wildman–Crippen LogP) is 2.39. The maximum Gasteiger partial charge on any atom is 1.00 e. The monoisotopic (exact) mass is 476 g/mol. The van der Waals surface area contributed by atoms with E-state index in [0.717, 1.165) is 23.2 Å². The SMILES string of the molecule is C/C=C1/C(=O)OCC1N(C=O)C=O.C=C1CCC2C(CCC(O)C2C)C1.CC.CCC.[NH2-].[Na+]. The molecule has 0 radical (unpaired) electrons. The number of hydrogen-bond donors (Lipinski definition) is 1. The van der Waals surface area contributed by atoms with Gasteiger partial charge in [0.25, 0.3) is 0 Å². The van der Waals surface area contributed by atoms with Crippen LogP contribution < -0.4 is 29.6 Å². The number of rotatable bonds is 3. The number of esters is 1. The van der Waals surface area contributed by atoms with E-state index in [2.05, 4.69) is 32.1 Å². The molecule has 3 rings (SSSR count). The average Bonchev–Trinajstić information content (AvgIpc) is 3.14. The summed E-state index contributed by atoms with van der Waals surface area (Å²) in [6.07, 6.45) is 9.42. The number of ether oxygens (including phenoxy) is 1. The van der Waals surface area contributed by atoms with Gasteiger partial charge in [-0.2, -0.15) is 0 Å². The van der Waals surface area contributed by atoms with Gasteiger partial charge in [0.15, 0.2) is 0 Å². The van der Waals surface area contributed by atoms with Crippen LogP contribution in [0.4, 0.5) is 0 Å². The van der Waals surface area contributed by atoms with Crippen molar-refractivity contribution in [2.45, 2.75) is 92.2 Å². The van der Waals surface area contributed by atoms with E-state index >= 15 is 0 Å². The molecule has 3 fully saturated rings. The van der Waals surface area contributed by atoms with Gasteiger partial charge in [-0.05, 0) is 56.8 Å². The van der Waals surface area contributed by atoms with Crippen molar-refractivity contribution in [3.8, 4) is 0 Å². The molecule has 186 valence electrons. The molecule has 5 atom stereocenters. The number of nitrogens with zero attached hydrogens (tertiary/aromatic N) is 1. The second kappa shape index (κ2) is 20.4. The van der Waals surface area contributed by atoms with Crippen molar-refractivity contribution in [1.29, 1.82) is 0 Å². The fraction of sp³-hybridized carbons (Fsp3) is 0.720. The molecule has 1 heterocycles. The number of allylic oxidation sites excluding steroid dienone is 2. The molecule has 0 bridgehead atoms. The summed E-state index contributed by atoms with van der Waals surface area (Å²) in [5, 5.41) is 9.76. The first-order chi connectivity index (χ1) is 14.8. The minimum absolute atomic E-state index is 0. The third-order valence-electron chi connectivity index (χ3n) is 5.98. The number of carbonyl (C=O) groups excluding carboxylic acids is 3. The van der Waals surface area contributed by atoms with Gasteiger partial charge >= 0.3 is 35.5 Å². The first-order valence-corrected chi connectivity index (χ1v) is 11.7. The van der Waals surface area contributed by atoms with Crippen molar-refractivity contribution in [2.24, 2.45) is 17.8 Å². The van der Waals surface area contributed by atoms with E-state index in [1.807, 2.05) is 13.8 Å². The van der Waals surface area contributed by atoms with Crippen molar-refractivity contribution in [3.05, 3.63) is 30.0 Å². The van der Waals surface area contributed by atoms with E-state index in [9.17, 15) is 19.5 Å². The van der Waals surface area contributed by atoms with Crippen LogP contribution in [0.1, 0.15) is 80.1 Å². The van der Waals surface area contributed by atoms with E-state index < -0.39 is 12.0 Å². The Labute approximate surface area is 223 Å². The molecule has 2 amide bonds. The Hall–Kier alpha value is -0.990. The Morgan fingerprint density at radius 3 is 2.18 bits per heavy atom. The number of imide groups is 1. The summed E-state index contributed by atoms with van der Waals surface area (Å²) in [6.45, 7) is 16.3. The van der Waals surface area contributed by atoms with Crippen LogP contribution in [0.3, 0.4) is 0 Å². The van der Waals surface area contributed by atoms with Crippen LogP contribution in [-0.4, -0.2) is 47.5 Å². The van der Waals surface area contributed by atoms with Crippen molar-refractivity contribution in [2.75, 3.05) is 6.61 Å². The van der Waals surface area contributed by atoms with Gasteiger partial charge in [-0.25, -0.2) is 4.79 Å². The van der Waals surface area contributed by atoms with Crippen molar-refractivity contribution in [3.63, 3.8) is 0 Å². The summed E-state index contributed by atoms with van der Waals surface area (Å²) < 4.78 is 4.69. The molecular weight excluding hydrogens is 431 g/mol. The van der Waals surface area contributed by atoms with E-state index in [4.69, 9.17) is 0 Å². The predicted molar refractivity (Wildman–Crippen MR) is 129 cm³/mol. The third kappa shape index (κ3) is 11.3. The van der Waals surface area contributed by atoms with Gasteiger partial charge in [0.1, 0.15) is 12.6 Å². The second-order valence-corrected chi connectivity index (χ2v) is 8.14. The fourth-order valence-corrected chi connectivity index (χ4v) is 4.36. The Bertz CT molecular complexity index is 604. The van der Waals surface area contributed by atoms with E-state index in [1.54, 1.807) is 13.0 Å². The molecule has 3 N–H and O–H groups in total. The van der Waals surface area contributed by atoms with Crippen molar-refractivity contribution >= 4 is 18.8 Å². The van der Waals surface area contributed by atoms with Crippen LogP contribution in [-0.2, 0) is 19.1 Å². The van der Waals surface area contributed by atoms with Crippen LogP contribution in [0.2, 0.25) is 0 Å². The summed E-state index contributed by atoms with van der Waals surface area (Å²) in [5.74, 6) is 1.65. The normalized spacial score (nSPS) is 28.3. The van der Waals surface area contributed by atoms with E-state index in [-0.39, 0.29) is 48.4 Å². The summed E-state index contributed by atoms with van der Waals surface area (Å²) >= 11 is 0. The number of nitrogens with two attached hydrogens (primary N) is 1. The Balaban J connectivity index is -0.000000435. The van der Waals surface area contributed by atoms with Gasteiger partial charge in [0.05, 0.1) is 11.7 Å². The molecule has 0 aromatic heterocycles. The van der Waals surface area contributed by atoms with Gasteiger partial charge in [-0.3, -0.25) is 14.5 Å². The van der Waals surface area contributed by atoms with Crippen LogP contribution in [0.15, 0.2) is 23.8 Å². The first-order valence-electron chi connectivity index (χ1n) is 11.7. The third-order valence-corrected chi connectivity index (χ3v) is 5.98. The molecule has 8 heteroatoms. The molecule has 1 aliphatic heterocycles. The topological polar surface area (TPSA) is 117 Å². The quantitative estimate of drug-likeness (QED) is 0.221. The Morgan fingerprint density at radius 2 is 1.70 bits per heavy atom. The number of aliphatic hydroxyl groups is 1. The van der Waals surface area contributed by atoms with Crippen LogP contribution in [0.25, 0.3) is 6.15 Å². The van der Waals surface area contributed by atoms with Gasteiger partial charge in [0, 0.05) is 0 Å². The van der Waals surface area contributed by atoms with Crippen LogP contribution in [0.5, 0.6) is 0 Å². The summed E-state index contributed by atoms with van der Waals surface area (Å²) in [6, 6.07) is -0.563. The Kier molecular flexibility index (Phi) is 22.6. The molecular formula is C25H45N2NaO5. The number of aliphatic hydroxyl groups excluding tert-OH is 1. The molecule has 0 spiro atoms. The van der Waals surface area contributed by atoms with Gasteiger partial charge in [-0.1, -0.05) is 59.3 Å². The number of carbonyl (C=O) groups is 3. The Morgan fingerprint density at radius 1 is 1.15 bits per heavy atom. The van der Waals surface area contributed by atoms with E-state index in [1.165, 1.54) is 37.7 Å². The molecule has 1 saturated heterocycles. The number of amides is 2. The first kappa shape index (κ1) is 36.6. The zero-order chi connectivity index (χ0) is 24.0. The van der Waals surface area contributed by atoms with Gasteiger partial charge < -0.3 is 16.0 Å². The molecule has 2 saturated carbocycles. The second-order valence-electron chi connectivity index (χ2n) is 8.14. The standard InChI is InChI=1S/C12H20O.C8H9NO4.C3H8.C2H6.H2N.Na/c1-8-3-5-11-9(2)12(13)6-4-10(11)7-8;1-2-6-7(3-13-8(6)12)9(4-10)5-11;1-3-2;1-2;;/h9-13H,1,3-7H2,2H3;2,4-5,7H,3H2,1H3;3H2,1-2H3;1-2H3;1H2;/q;;;;-1;+1/b;6-2+;;;;. The zero-order valence-corrected chi connectivity index (χ0v) is 23.9. The molecule has 2 aliphatic carbocycles. The average molecular weight is 477 g/mol. The maximum atomic E-state index is 11.0. The van der Waals surface area contributed by atoms with Gasteiger partial charge in [0.2, 0.25) is 12.8 Å². The number of hydrogen-bond acceptors (Lipinski definition) is 5. The minimum atomic E-state index is -0.563. The zero-order valence-electron chi connectivity index (χ0n) is 21.9. The van der Waals surface area contributed by atoms with E-state index in [0.29, 0.717) is 24.3 Å². The smallest absolute Gasteiger partial charge is 0.693 e. The molecule has 33 heavy (non-hydrogen) atoms. The number of fused-ring (bicyclic) bond motifs is 1. The molecule has 3 aliphatic rings. The molecule has 5 unspecified atom stereocenters. The summed E-state index contributed by atoms with van der Waals surface area (Å²) in [5.41, 5.74) is 1.78. The maximum absolute atomic E-state index is 11.0. The van der Waals surface area contributed by atoms with Crippen molar-refractivity contribution < 1.29 is 53.8 Å². The summed E-state index contributed by atoms with van der Waals surface area (Å²) in [7, 11) is 0. The van der Waals surface area contributed by atoms with Crippen LogP contribution in [0, 0.1) is 17.8 Å². The fourth-order valence-electron chi connectivity index (χ4n) is 4.36. The van der Waals surface area contributed by atoms with Crippen LogP contribution >= 0.6 is 0 Å². The molecule has 7 nitrogen and oxygen atoms in total. The van der Waals surface area contributed by atoms with Crippen molar-refractivity contribution in [1.82, 2.24) is 4.90 Å². The molecule has 0 aromatic rings. The minimum Gasteiger partial charge on any atom is -0.693 e. The summed E-state index contributed by atoms with van der Waals surface area (Å²) in [4.78, 5) is 32.7. The largest absolute Gasteiger partial charge is 1.00 e. The molecule has 0 aromatic carbocycles.